The van der Waals surface area contributed by atoms with Crippen LogP contribution in [0, 0.1) is 6.92 Å². The number of carbonyl (C=O) groups excluding carboxylic acids is 1. The molecule has 2 aromatic carbocycles. The number of likely N-dealkylation sites (tertiary alicyclic amines) is 1. The normalized spacial score (nSPS) is 15.8. The molecule has 1 aliphatic rings. The van der Waals surface area contributed by atoms with Crippen LogP contribution in [0.5, 0.6) is 0 Å². The van der Waals surface area contributed by atoms with Gasteiger partial charge in [-0.15, -0.1) is 10.2 Å². The number of anilines is 1. The minimum atomic E-state index is -4.71. The van der Waals surface area contributed by atoms with Crippen molar-refractivity contribution in [2.75, 3.05) is 11.9 Å². The number of rotatable bonds is 5. The number of nitrogens with one attached hydrogen (secondary N) is 1. The van der Waals surface area contributed by atoms with Crippen molar-refractivity contribution in [2.24, 2.45) is 0 Å². The van der Waals surface area contributed by atoms with Gasteiger partial charge >= 0.3 is 12.2 Å². The number of nitrogens with zero attached hydrogens (tertiary/aromatic N) is 5. The van der Waals surface area contributed by atoms with Crippen molar-refractivity contribution in [2.45, 2.75) is 38.5 Å². The number of alkyl halides is 3. The third-order valence-corrected chi connectivity index (χ3v) is 6.48. The predicted molar refractivity (Wildman–Crippen MR) is 130 cm³/mol. The molecule has 12 heteroatoms. The summed E-state index contributed by atoms with van der Waals surface area (Å²) in [6.45, 7) is 1.92. The Kier molecular flexibility index (Phi) is 6.63. The van der Waals surface area contributed by atoms with Gasteiger partial charge in [-0.05, 0) is 37.5 Å². The van der Waals surface area contributed by atoms with Crippen LogP contribution < -0.4 is 5.32 Å². The summed E-state index contributed by atoms with van der Waals surface area (Å²) in [6.07, 6.45) is -3.67. The van der Waals surface area contributed by atoms with Crippen LogP contribution in [0.25, 0.3) is 11.3 Å². The quantitative estimate of drug-likeness (QED) is 0.325. The fourth-order valence-corrected chi connectivity index (χ4v) is 4.59. The number of halogens is 4. The Balaban J connectivity index is 1.45. The number of aryl methyl sites for hydroxylation is 1. The van der Waals surface area contributed by atoms with Crippen LogP contribution in [0.4, 0.5) is 23.7 Å². The molecular formula is C25H22ClF3N6O2. The summed E-state index contributed by atoms with van der Waals surface area (Å²) in [7, 11) is 0. The highest BCUT2D eigenvalue weighted by Gasteiger charge is 2.42. The number of aromatic nitrogens is 4. The lowest BCUT2D eigenvalue weighted by molar-refractivity contribution is -0.147. The Morgan fingerprint density at radius 3 is 2.57 bits per heavy atom. The van der Waals surface area contributed by atoms with Gasteiger partial charge < -0.3 is 19.3 Å². The molecule has 1 saturated heterocycles. The second kappa shape index (κ2) is 9.89. The van der Waals surface area contributed by atoms with Crippen LogP contribution >= 0.6 is 11.6 Å². The van der Waals surface area contributed by atoms with E-state index >= 15 is 0 Å². The van der Waals surface area contributed by atoms with E-state index < -0.39 is 24.1 Å². The third-order valence-electron chi connectivity index (χ3n) is 6.23. The molecule has 1 N–H and O–H groups in total. The zero-order valence-corrected chi connectivity index (χ0v) is 20.4. The van der Waals surface area contributed by atoms with Crippen LogP contribution in [-0.2, 0) is 12.7 Å². The molecule has 8 nitrogen and oxygen atoms in total. The lowest BCUT2D eigenvalue weighted by atomic mass is 10.1. The second-order valence-corrected chi connectivity index (χ2v) is 9.15. The van der Waals surface area contributed by atoms with E-state index in [0.29, 0.717) is 47.1 Å². The smallest absolute Gasteiger partial charge is 0.354 e. The van der Waals surface area contributed by atoms with Gasteiger partial charge in [0.15, 0.2) is 11.6 Å². The third kappa shape index (κ3) is 5.04. The average molecular weight is 531 g/mol. The van der Waals surface area contributed by atoms with Crippen molar-refractivity contribution in [3.63, 3.8) is 0 Å². The van der Waals surface area contributed by atoms with Crippen molar-refractivity contribution < 1.29 is 22.5 Å². The van der Waals surface area contributed by atoms with E-state index in [1.165, 1.54) is 4.90 Å². The van der Waals surface area contributed by atoms with Crippen molar-refractivity contribution >= 4 is 23.3 Å². The summed E-state index contributed by atoms with van der Waals surface area (Å²) < 4.78 is 47.9. The zero-order valence-electron chi connectivity index (χ0n) is 19.7. The van der Waals surface area contributed by atoms with Gasteiger partial charge in [0.1, 0.15) is 11.4 Å². The molecule has 37 heavy (non-hydrogen) atoms. The van der Waals surface area contributed by atoms with E-state index in [0.717, 1.165) is 10.1 Å². The van der Waals surface area contributed by atoms with Crippen LogP contribution in [-0.4, -0.2) is 37.4 Å². The largest absolute Gasteiger partial charge is 0.451 e. The maximum Gasteiger partial charge on any atom is 0.451 e. The molecule has 0 bridgehead atoms. The lowest BCUT2D eigenvalue weighted by Crippen LogP contribution is -2.36. The Bertz CT molecular complexity index is 1400. The summed E-state index contributed by atoms with van der Waals surface area (Å²) in [5.41, 5.74) is 2.21. The summed E-state index contributed by atoms with van der Waals surface area (Å²) in [6, 6.07) is 14.5. The summed E-state index contributed by atoms with van der Waals surface area (Å²) >= 11 is 5.93. The molecule has 0 aliphatic carbocycles. The van der Waals surface area contributed by atoms with Crippen molar-refractivity contribution in [3.05, 3.63) is 82.5 Å². The summed E-state index contributed by atoms with van der Waals surface area (Å²) in [5.74, 6) is -0.654. The maximum atomic E-state index is 13.8. The average Bonchev–Trinajstić information content (AvgIpc) is 3.60. The minimum absolute atomic E-state index is 0.0697. The SMILES string of the molecule is Cc1noc(-c2ccccc2)c1NC(=O)N1CCC[C@@H]1c1nnc(C(F)(F)F)n1Cc1ccc(Cl)cc1. The zero-order chi connectivity index (χ0) is 26.2. The number of hydrogen-bond acceptors (Lipinski definition) is 5. The molecule has 1 fully saturated rings. The molecule has 0 unspecified atom stereocenters. The minimum Gasteiger partial charge on any atom is -0.354 e. The summed E-state index contributed by atoms with van der Waals surface area (Å²) in [4.78, 5) is 14.9. The van der Waals surface area contributed by atoms with Gasteiger partial charge in [0.25, 0.3) is 0 Å². The molecule has 192 valence electrons. The van der Waals surface area contributed by atoms with Crippen LogP contribution in [0.2, 0.25) is 5.02 Å². The number of hydrogen-bond donors (Lipinski definition) is 1. The molecule has 2 amide bonds. The van der Waals surface area contributed by atoms with Crippen molar-refractivity contribution in [1.82, 2.24) is 24.8 Å². The highest BCUT2D eigenvalue weighted by Crippen LogP contribution is 2.37. The highest BCUT2D eigenvalue weighted by atomic mass is 35.5. The lowest BCUT2D eigenvalue weighted by Gasteiger charge is -2.25. The van der Waals surface area contributed by atoms with E-state index in [2.05, 4.69) is 20.7 Å². The first kappa shape index (κ1) is 24.8. The Morgan fingerprint density at radius 2 is 1.86 bits per heavy atom. The molecule has 3 heterocycles. The molecule has 0 radical (unpaired) electrons. The summed E-state index contributed by atoms with van der Waals surface area (Å²) in [5, 5.41) is 14.7. The second-order valence-electron chi connectivity index (χ2n) is 8.71. The van der Waals surface area contributed by atoms with Crippen LogP contribution in [0.1, 0.15) is 41.8 Å². The van der Waals surface area contributed by atoms with Gasteiger partial charge in [0.2, 0.25) is 5.82 Å². The van der Waals surface area contributed by atoms with Gasteiger partial charge in [-0.3, -0.25) is 0 Å². The van der Waals surface area contributed by atoms with Gasteiger partial charge in [0, 0.05) is 17.1 Å². The molecule has 4 aromatic rings. The fraction of sp³-hybridized carbons (Fsp3) is 0.280. The number of benzene rings is 2. The molecule has 0 spiro atoms. The number of carbonyl (C=O) groups is 1. The Hall–Kier alpha value is -3.86. The highest BCUT2D eigenvalue weighted by molar-refractivity contribution is 6.30. The van der Waals surface area contributed by atoms with E-state index in [9.17, 15) is 18.0 Å². The fourth-order valence-electron chi connectivity index (χ4n) is 4.46. The molecule has 5 rings (SSSR count). The predicted octanol–water partition coefficient (Wildman–Crippen LogP) is 6.33. The number of urea groups is 1. The van der Waals surface area contributed by atoms with Crippen molar-refractivity contribution in [3.8, 4) is 11.3 Å². The molecule has 1 atom stereocenters. The topological polar surface area (TPSA) is 89.1 Å². The Labute approximate surface area is 215 Å². The van der Waals surface area contributed by atoms with Gasteiger partial charge in [-0.2, -0.15) is 13.2 Å². The Morgan fingerprint density at radius 1 is 1.14 bits per heavy atom. The van der Waals surface area contributed by atoms with Crippen LogP contribution in [0.3, 0.4) is 0 Å². The van der Waals surface area contributed by atoms with E-state index in [1.54, 1.807) is 31.2 Å². The van der Waals surface area contributed by atoms with Gasteiger partial charge in [0.05, 0.1) is 12.6 Å². The van der Waals surface area contributed by atoms with E-state index in [1.807, 2.05) is 30.3 Å². The first-order chi connectivity index (χ1) is 17.7. The maximum absolute atomic E-state index is 13.8. The van der Waals surface area contributed by atoms with Crippen molar-refractivity contribution in [1.29, 1.82) is 0 Å². The molecular weight excluding hydrogens is 509 g/mol. The molecule has 2 aromatic heterocycles. The number of amides is 2. The standard InChI is InChI=1S/C25H22ClF3N6O2/c1-15-20(21(37-33-15)17-6-3-2-4-7-17)30-24(36)34-13-5-8-19(34)22-31-32-23(25(27,28)29)35(22)14-16-9-11-18(26)12-10-16/h2-4,6-7,9-12,19H,5,8,13-14H2,1H3,(H,30,36)/t19-/m1/s1. The first-order valence-corrected chi connectivity index (χ1v) is 11.9. The van der Waals surface area contributed by atoms with E-state index in [-0.39, 0.29) is 12.4 Å². The van der Waals surface area contributed by atoms with Crippen LogP contribution in [0.15, 0.2) is 59.1 Å². The molecule has 1 aliphatic heterocycles. The monoisotopic (exact) mass is 530 g/mol. The van der Waals surface area contributed by atoms with Gasteiger partial charge in [-0.25, -0.2) is 4.79 Å². The molecule has 0 saturated carbocycles. The van der Waals surface area contributed by atoms with E-state index in [4.69, 9.17) is 16.1 Å². The van der Waals surface area contributed by atoms with Gasteiger partial charge in [-0.1, -0.05) is 59.2 Å². The first-order valence-electron chi connectivity index (χ1n) is 11.6.